The van der Waals surface area contributed by atoms with E-state index in [9.17, 15) is 5.11 Å². The van der Waals surface area contributed by atoms with Crippen LogP contribution in [0.5, 0.6) is 0 Å². The van der Waals surface area contributed by atoms with E-state index >= 15 is 0 Å². The predicted octanol–water partition coefficient (Wildman–Crippen LogP) is 3.87. The van der Waals surface area contributed by atoms with Crippen molar-refractivity contribution in [3.05, 3.63) is 23.8 Å². The fourth-order valence-corrected chi connectivity index (χ4v) is 3.83. The number of methoxy groups -OCH3 is 4. The zero-order valence-corrected chi connectivity index (χ0v) is 19.3. The van der Waals surface area contributed by atoms with Gasteiger partial charge in [0.05, 0.1) is 24.4 Å². The lowest BCUT2D eigenvalue weighted by molar-refractivity contribution is -0.164. The van der Waals surface area contributed by atoms with Crippen LogP contribution in [0.3, 0.4) is 0 Å². The normalized spacial score (nSPS) is 25.0. The molecule has 0 aromatic rings. The monoisotopic (exact) mass is 414 g/mol. The van der Waals surface area contributed by atoms with E-state index in [-0.39, 0.29) is 12.2 Å². The lowest BCUT2D eigenvalue weighted by Gasteiger charge is -2.24. The summed E-state index contributed by atoms with van der Waals surface area (Å²) in [5, 5.41) is 9.81. The molecule has 29 heavy (non-hydrogen) atoms. The summed E-state index contributed by atoms with van der Waals surface area (Å²) in [5.74, 6) is 0.444. The summed E-state index contributed by atoms with van der Waals surface area (Å²) in [7, 11) is 6.49. The van der Waals surface area contributed by atoms with Crippen molar-refractivity contribution in [1.29, 1.82) is 0 Å². The molecule has 1 aliphatic rings. The highest BCUT2D eigenvalue weighted by Crippen LogP contribution is 2.35. The molecule has 1 aliphatic heterocycles. The number of epoxide rings is 1. The Balaban J connectivity index is 2.34. The van der Waals surface area contributed by atoms with Crippen molar-refractivity contribution in [2.24, 2.45) is 5.92 Å². The summed E-state index contributed by atoms with van der Waals surface area (Å²) in [5.41, 5.74) is 1.22. The maximum absolute atomic E-state index is 9.81. The molecule has 0 bridgehead atoms. The van der Waals surface area contributed by atoms with Crippen LogP contribution >= 0.6 is 0 Å². The van der Waals surface area contributed by atoms with Crippen LogP contribution in [-0.2, 0) is 23.7 Å². The first-order valence-electron chi connectivity index (χ1n) is 10.7. The first-order valence-corrected chi connectivity index (χ1v) is 10.7. The molecule has 6 nitrogen and oxygen atoms in total. The quantitative estimate of drug-likeness (QED) is 0.235. The van der Waals surface area contributed by atoms with E-state index in [1.807, 2.05) is 0 Å². The molecule has 1 N–H and O–H groups in total. The molecular formula is C23H42O6. The Labute approximate surface area is 177 Å². The lowest BCUT2D eigenvalue weighted by Crippen LogP contribution is -2.33. The van der Waals surface area contributed by atoms with E-state index in [0.29, 0.717) is 24.5 Å². The summed E-state index contributed by atoms with van der Waals surface area (Å²) in [6.07, 6.45) is 10.4. The van der Waals surface area contributed by atoms with E-state index in [2.05, 4.69) is 39.0 Å². The lowest BCUT2D eigenvalue weighted by atomic mass is 9.95. The van der Waals surface area contributed by atoms with E-state index in [0.717, 1.165) is 25.7 Å². The Morgan fingerprint density at radius 3 is 2.31 bits per heavy atom. The van der Waals surface area contributed by atoms with Gasteiger partial charge in [-0.2, -0.15) is 0 Å². The minimum atomic E-state index is -0.950. The highest BCUT2D eigenvalue weighted by Gasteiger charge is 2.44. The second kappa shape index (κ2) is 14.3. The predicted molar refractivity (Wildman–Crippen MR) is 115 cm³/mol. The van der Waals surface area contributed by atoms with Crippen molar-refractivity contribution >= 4 is 0 Å². The van der Waals surface area contributed by atoms with Crippen LogP contribution in [0, 0.1) is 5.92 Å². The van der Waals surface area contributed by atoms with Gasteiger partial charge >= 0.3 is 0 Å². The van der Waals surface area contributed by atoms with Crippen LogP contribution in [0.25, 0.3) is 0 Å². The van der Waals surface area contributed by atoms with Gasteiger partial charge in [-0.05, 0) is 32.6 Å². The van der Waals surface area contributed by atoms with Crippen LogP contribution in [-0.4, -0.2) is 70.4 Å². The molecule has 1 rings (SSSR count). The topological polar surface area (TPSA) is 69.7 Å². The summed E-state index contributed by atoms with van der Waals surface area (Å²) >= 11 is 0. The van der Waals surface area contributed by atoms with Gasteiger partial charge in [-0.25, -0.2) is 0 Å². The molecule has 0 spiro atoms. The van der Waals surface area contributed by atoms with Gasteiger partial charge in [0, 0.05) is 40.8 Å². The van der Waals surface area contributed by atoms with Crippen LogP contribution in [0.15, 0.2) is 23.8 Å². The van der Waals surface area contributed by atoms with Crippen molar-refractivity contribution in [3.63, 3.8) is 0 Å². The highest BCUT2D eigenvalue weighted by molar-refractivity contribution is 5.11. The molecule has 1 heterocycles. The van der Waals surface area contributed by atoms with Gasteiger partial charge in [0.25, 0.3) is 0 Å². The molecule has 1 fully saturated rings. The summed E-state index contributed by atoms with van der Waals surface area (Å²) in [6.45, 7) is 6.46. The van der Waals surface area contributed by atoms with Gasteiger partial charge < -0.3 is 28.8 Å². The Bertz CT molecular complexity index is 488. The minimum absolute atomic E-state index is 0.0381. The molecule has 0 saturated carbocycles. The maximum atomic E-state index is 9.81. The molecule has 0 aromatic carbocycles. The smallest absolute Gasteiger partial charge is 0.180 e. The van der Waals surface area contributed by atoms with Crippen LogP contribution in [0.2, 0.25) is 0 Å². The van der Waals surface area contributed by atoms with Crippen molar-refractivity contribution in [2.45, 2.75) is 89.7 Å². The molecule has 1 saturated heterocycles. The summed E-state index contributed by atoms with van der Waals surface area (Å²) < 4.78 is 27.2. The molecule has 7 atom stereocenters. The standard InChI is InChI=1S/C23H42O6/c1-8-19(26-5)17(3)22-20(29-22)13-11-9-10-12-16(2)14-18(25-4)15-21(27-6)23(24)28-7/h9-10,12,17-24H,8,11,13-15H2,1-7H3/b10-9+,16-12+. The number of ether oxygens (including phenoxy) is 5. The van der Waals surface area contributed by atoms with Gasteiger partial charge in [-0.3, -0.25) is 0 Å². The summed E-state index contributed by atoms with van der Waals surface area (Å²) in [4.78, 5) is 0. The van der Waals surface area contributed by atoms with E-state index in [1.165, 1.54) is 12.7 Å². The third kappa shape index (κ3) is 9.28. The Morgan fingerprint density at radius 1 is 1.07 bits per heavy atom. The third-order valence-electron chi connectivity index (χ3n) is 5.81. The van der Waals surface area contributed by atoms with Crippen molar-refractivity contribution in [3.8, 4) is 0 Å². The maximum Gasteiger partial charge on any atom is 0.180 e. The first kappa shape index (κ1) is 26.3. The van der Waals surface area contributed by atoms with Gasteiger partial charge in [-0.15, -0.1) is 0 Å². The minimum Gasteiger partial charge on any atom is -0.381 e. The number of aliphatic hydroxyl groups is 1. The molecule has 0 radical (unpaired) electrons. The molecule has 0 amide bonds. The number of rotatable bonds is 16. The Morgan fingerprint density at radius 2 is 1.76 bits per heavy atom. The average Bonchev–Trinajstić information content (AvgIpc) is 3.50. The van der Waals surface area contributed by atoms with Gasteiger partial charge in [0.15, 0.2) is 6.29 Å². The van der Waals surface area contributed by atoms with Gasteiger partial charge in [0.2, 0.25) is 0 Å². The fourth-order valence-electron chi connectivity index (χ4n) is 3.83. The molecule has 0 aromatic heterocycles. The van der Waals surface area contributed by atoms with E-state index in [1.54, 1.807) is 21.3 Å². The summed E-state index contributed by atoms with van der Waals surface area (Å²) in [6, 6.07) is 0. The van der Waals surface area contributed by atoms with E-state index < -0.39 is 12.4 Å². The van der Waals surface area contributed by atoms with Crippen LogP contribution in [0.4, 0.5) is 0 Å². The largest absolute Gasteiger partial charge is 0.381 e. The number of hydrogen-bond acceptors (Lipinski definition) is 6. The third-order valence-corrected chi connectivity index (χ3v) is 5.81. The van der Waals surface area contributed by atoms with Crippen LogP contribution in [0.1, 0.15) is 52.9 Å². The van der Waals surface area contributed by atoms with Gasteiger partial charge in [0.1, 0.15) is 6.10 Å². The average molecular weight is 415 g/mol. The van der Waals surface area contributed by atoms with Crippen molar-refractivity contribution < 1.29 is 28.8 Å². The van der Waals surface area contributed by atoms with Gasteiger partial charge in [-0.1, -0.05) is 37.6 Å². The Hall–Kier alpha value is -0.760. The molecule has 0 aliphatic carbocycles. The zero-order chi connectivity index (χ0) is 21.8. The van der Waals surface area contributed by atoms with Crippen LogP contribution < -0.4 is 0 Å². The second-order valence-electron chi connectivity index (χ2n) is 7.90. The molecule has 7 unspecified atom stereocenters. The first-order chi connectivity index (χ1) is 13.9. The molecule has 170 valence electrons. The Kier molecular flexibility index (Phi) is 12.9. The van der Waals surface area contributed by atoms with E-state index in [4.69, 9.17) is 23.7 Å². The van der Waals surface area contributed by atoms with Crippen molar-refractivity contribution in [1.82, 2.24) is 0 Å². The fraction of sp³-hybridized carbons (Fsp3) is 0.826. The second-order valence-corrected chi connectivity index (χ2v) is 7.90. The highest BCUT2D eigenvalue weighted by atomic mass is 16.6. The molecular weight excluding hydrogens is 372 g/mol. The van der Waals surface area contributed by atoms with Crippen molar-refractivity contribution in [2.75, 3.05) is 28.4 Å². The number of allylic oxidation sites excluding steroid dienone is 3. The zero-order valence-electron chi connectivity index (χ0n) is 19.3. The SMILES string of the molecule is CCC(OC)C(C)C1OC1CC/C=C/C=C(\C)CC(CC(OC)C(O)OC)OC. The number of aliphatic hydroxyl groups excluding tert-OH is 1. The number of hydrogen-bond donors (Lipinski definition) is 1. The molecule has 6 heteroatoms.